The largest absolute Gasteiger partial charge is 0.477 e. The molecule has 0 saturated heterocycles. The van der Waals surface area contributed by atoms with Crippen LogP contribution in [0.25, 0.3) is 17.0 Å². The Morgan fingerprint density at radius 3 is 2.42 bits per heavy atom. The first-order chi connectivity index (χ1) is 23.9. The molecule has 7 rings (SSSR count). The Morgan fingerprint density at radius 1 is 1.04 bits per heavy atom. The van der Waals surface area contributed by atoms with Crippen molar-refractivity contribution < 1.29 is 24.0 Å². The van der Waals surface area contributed by atoms with Gasteiger partial charge in [0.1, 0.15) is 17.1 Å². The van der Waals surface area contributed by atoms with Crippen molar-refractivity contribution in [3.63, 3.8) is 0 Å². The molecule has 0 fully saturated rings. The van der Waals surface area contributed by atoms with Gasteiger partial charge in [-0.1, -0.05) is 54.2 Å². The summed E-state index contributed by atoms with van der Waals surface area (Å²) in [5.41, 5.74) is 18.6. The third-order valence-electron chi connectivity index (χ3n) is 7.90. The summed E-state index contributed by atoms with van der Waals surface area (Å²) in [7, 11) is 0. The number of nitrogens with two attached hydrogens (primary N) is 3. The quantitative estimate of drug-likeness (QED) is 0.100. The van der Waals surface area contributed by atoms with E-state index in [9.17, 15) is 33.9 Å². The Hall–Kier alpha value is -6.73. The first kappa shape index (κ1) is 38.1. The number of carboxylic acid groups (broad SMARTS) is 1. The minimum Gasteiger partial charge on any atom is -0.477 e. The second-order valence-corrected chi connectivity index (χ2v) is 11.2. The fourth-order valence-electron chi connectivity index (χ4n) is 5.35. The SMILES string of the molecule is C.Cl.NC(=O)c1nnn2c(C(=O)O)cc(C(=O)NCc3cccc(CNc4c(N)c(=O)c4=O)c3)nc12.N[C@H]1CCc2cc(-c3noc(=O)[nH]3)ccc21. The van der Waals surface area contributed by atoms with Crippen molar-refractivity contribution in [2.24, 2.45) is 11.5 Å². The fourth-order valence-corrected chi connectivity index (χ4v) is 5.35. The van der Waals surface area contributed by atoms with Crippen LogP contribution in [-0.2, 0) is 19.5 Å². The molecule has 19 nitrogen and oxygen atoms in total. The molecule has 0 spiro atoms. The number of aryl methyl sites for hydroxylation is 1. The van der Waals surface area contributed by atoms with Crippen LogP contribution in [0.4, 0.5) is 11.4 Å². The first-order valence-electron chi connectivity index (χ1n) is 14.8. The summed E-state index contributed by atoms with van der Waals surface area (Å²) in [6.45, 7) is 0.283. The molecule has 1 aliphatic rings. The van der Waals surface area contributed by atoms with Gasteiger partial charge in [-0.05, 0) is 41.2 Å². The number of benzene rings is 2. The maximum Gasteiger partial charge on any atom is 0.439 e. The molecule has 0 bridgehead atoms. The van der Waals surface area contributed by atoms with Crippen molar-refractivity contribution >= 4 is 47.2 Å². The van der Waals surface area contributed by atoms with E-state index in [0.717, 1.165) is 34.6 Å². The van der Waals surface area contributed by atoms with E-state index in [1.54, 1.807) is 24.3 Å². The molecule has 1 aliphatic carbocycles. The smallest absolute Gasteiger partial charge is 0.439 e. The number of hydrogen-bond donors (Lipinski definition) is 7. The second kappa shape index (κ2) is 15.4. The Morgan fingerprint density at radius 2 is 1.77 bits per heavy atom. The van der Waals surface area contributed by atoms with Crippen molar-refractivity contribution in [2.45, 2.75) is 39.4 Å². The van der Waals surface area contributed by atoms with Crippen LogP contribution in [0.1, 0.15) is 73.6 Å². The van der Waals surface area contributed by atoms with Gasteiger partial charge in [0.15, 0.2) is 22.9 Å². The minimum atomic E-state index is -1.41. The van der Waals surface area contributed by atoms with Gasteiger partial charge in [0, 0.05) is 30.8 Å². The summed E-state index contributed by atoms with van der Waals surface area (Å²) in [5.74, 6) is -3.17. The minimum absolute atomic E-state index is 0. The van der Waals surface area contributed by atoms with Gasteiger partial charge in [-0.2, -0.15) is 4.52 Å². The number of carboxylic acids is 1. The average Bonchev–Trinajstić information content (AvgIpc) is 3.85. The topological polar surface area (TPSA) is 310 Å². The van der Waals surface area contributed by atoms with E-state index in [2.05, 4.69) is 40.6 Å². The van der Waals surface area contributed by atoms with Crippen molar-refractivity contribution in [3.05, 3.63) is 119 Å². The first-order valence-corrected chi connectivity index (χ1v) is 14.8. The number of nitrogens with one attached hydrogen (secondary N) is 3. The van der Waals surface area contributed by atoms with E-state index in [1.165, 1.54) is 11.1 Å². The predicted octanol–water partition coefficient (Wildman–Crippen LogP) is 0.676. The van der Waals surface area contributed by atoms with E-state index in [-0.39, 0.29) is 67.4 Å². The molecule has 270 valence electrons. The number of fused-ring (bicyclic) bond motifs is 2. The Balaban J connectivity index is 0.000000281. The van der Waals surface area contributed by atoms with Gasteiger partial charge >= 0.3 is 11.7 Å². The average molecular weight is 734 g/mol. The number of aromatic nitrogens is 6. The van der Waals surface area contributed by atoms with Gasteiger partial charge < -0.3 is 32.9 Å². The summed E-state index contributed by atoms with van der Waals surface area (Å²) in [6.07, 6.45) is 1.96. The number of primary amides is 1. The van der Waals surface area contributed by atoms with Crippen LogP contribution in [0.15, 0.2) is 67.4 Å². The van der Waals surface area contributed by atoms with Crippen LogP contribution >= 0.6 is 12.4 Å². The molecular weight excluding hydrogens is 702 g/mol. The van der Waals surface area contributed by atoms with Gasteiger partial charge in [-0.25, -0.2) is 14.6 Å². The number of carbonyl (C=O) groups is 3. The molecule has 2 amide bonds. The summed E-state index contributed by atoms with van der Waals surface area (Å²) in [6, 6.07) is 14.0. The van der Waals surface area contributed by atoms with Gasteiger partial charge in [0.05, 0.1) is 0 Å². The van der Waals surface area contributed by atoms with Crippen LogP contribution in [0.3, 0.4) is 0 Å². The zero-order valence-electron chi connectivity index (χ0n) is 26.2. The van der Waals surface area contributed by atoms with Crippen molar-refractivity contribution in [1.82, 2.24) is 35.3 Å². The lowest BCUT2D eigenvalue weighted by Gasteiger charge is -2.11. The number of aromatic amines is 1. The molecule has 0 radical (unpaired) electrons. The standard InChI is InChI=1S/C20H16N8O6.C11H11N3O2.CH4.ClH/c21-12-13(16(30)15(12)29)23-6-8-2-1-3-9(4-8)7-24-19(32)10-5-11(20(33)34)28-18(25-10)14(17(22)31)26-27-28;12-9-4-2-6-5-7(1-3-8(6)9)10-13-11(15)16-14-10;;/h1-5,23H,6-7,21H2,(H2,22,31)(H,24,32)(H,33,34);1,3,5,9H,2,4,12H2,(H,13,14,15);1H4;1H/t;9-;;/m.0../s1. The number of H-pyrrole nitrogens is 1. The monoisotopic (exact) mass is 733 g/mol. The summed E-state index contributed by atoms with van der Waals surface area (Å²) >= 11 is 0. The zero-order valence-corrected chi connectivity index (χ0v) is 27.0. The van der Waals surface area contributed by atoms with Crippen LogP contribution in [0, 0.1) is 0 Å². The van der Waals surface area contributed by atoms with E-state index in [1.807, 2.05) is 18.2 Å². The highest BCUT2D eigenvalue weighted by atomic mass is 35.5. The number of anilines is 2. The highest BCUT2D eigenvalue weighted by molar-refractivity contribution is 6.00. The number of nitrogens with zero attached hydrogens (tertiary/aromatic N) is 5. The predicted molar refractivity (Wildman–Crippen MR) is 189 cm³/mol. The maximum atomic E-state index is 12.7. The lowest BCUT2D eigenvalue weighted by molar-refractivity contribution is 0.0686. The normalized spacial score (nSPS) is 12.9. The summed E-state index contributed by atoms with van der Waals surface area (Å²) in [4.78, 5) is 75.8. The van der Waals surface area contributed by atoms with Crippen LogP contribution in [-0.4, -0.2) is 52.8 Å². The zero-order chi connectivity index (χ0) is 35.7. The third kappa shape index (κ3) is 7.54. The van der Waals surface area contributed by atoms with Crippen molar-refractivity contribution in [1.29, 1.82) is 0 Å². The molecule has 0 aliphatic heterocycles. The van der Waals surface area contributed by atoms with Crippen LogP contribution in [0.5, 0.6) is 0 Å². The molecule has 10 N–H and O–H groups in total. The number of aromatic carboxylic acids is 1. The number of amides is 2. The van der Waals surface area contributed by atoms with Crippen LogP contribution in [0.2, 0.25) is 0 Å². The van der Waals surface area contributed by atoms with Crippen LogP contribution < -0.4 is 44.4 Å². The molecule has 52 heavy (non-hydrogen) atoms. The number of halogens is 1. The Labute approximate surface area is 298 Å². The summed E-state index contributed by atoms with van der Waals surface area (Å²) < 4.78 is 5.28. The maximum absolute atomic E-state index is 12.7. The van der Waals surface area contributed by atoms with Gasteiger partial charge in [0.2, 0.25) is 0 Å². The number of carbonyl (C=O) groups excluding carboxylic acids is 2. The van der Waals surface area contributed by atoms with E-state index in [0.29, 0.717) is 11.4 Å². The lowest BCUT2D eigenvalue weighted by Crippen LogP contribution is -2.36. The lowest BCUT2D eigenvalue weighted by atomic mass is 10.0. The third-order valence-corrected chi connectivity index (χ3v) is 7.90. The van der Waals surface area contributed by atoms with Gasteiger partial charge in [0.25, 0.3) is 22.7 Å². The van der Waals surface area contributed by atoms with E-state index >= 15 is 0 Å². The number of rotatable bonds is 9. The van der Waals surface area contributed by atoms with E-state index < -0.39 is 40.1 Å². The molecule has 20 heteroatoms. The highest BCUT2D eigenvalue weighted by Gasteiger charge is 2.23. The van der Waals surface area contributed by atoms with Crippen molar-refractivity contribution in [2.75, 3.05) is 11.1 Å². The molecule has 3 heterocycles. The van der Waals surface area contributed by atoms with Gasteiger partial charge in [-0.3, -0.25) is 28.7 Å². The Bertz CT molecular complexity index is 2450. The molecule has 1 atom stereocenters. The summed E-state index contributed by atoms with van der Waals surface area (Å²) in [5, 5.41) is 25.6. The second-order valence-electron chi connectivity index (χ2n) is 11.2. The molecule has 3 aromatic heterocycles. The molecule has 0 saturated carbocycles. The number of hydrogen-bond acceptors (Lipinski definition) is 14. The van der Waals surface area contributed by atoms with E-state index in [4.69, 9.17) is 17.2 Å². The van der Waals surface area contributed by atoms with Crippen molar-refractivity contribution in [3.8, 4) is 11.4 Å². The highest BCUT2D eigenvalue weighted by Crippen LogP contribution is 2.31. The Kier molecular flexibility index (Phi) is 11.3. The van der Waals surface area contributed by atoms with Gasteiger partial charge in [-0.15, -0.1) is 17.5 Å². The molecule has 0 unspecified atom stereocenters. The number of nitrogen functional groups attached to an aromatic ring is 1. The molecule has 6 aromatic rings. The molecule has 3 aromatic carbocycles. The fraction of sp³-hybridized carbons (Fsp3) is 0.188. The molecular formula is C32H32ClN11O8.